The van der Waals surface area contributed by atoms with E-state index < -0.39 is 30.1 Å². The van der Waals surface area contributed by atoms with Crippen LogP contribution in [0.2, 0.25) is 0 Å². The Morgan fingerprint density at radius 3 is 2.56 bits per heavy atom. The predicted octanol–water partition coefficient (Wildman–Crippen LogP) is 1.63. The molecule has 6 nitrogen and oxygen atoms in total. The zero-order chi connectivity index (χ0) is 18.7. The zero-order valence-corrected chi connectivity index (χ0v) is 14.6. The molecule has 0 aliphatic carbocycles. The van der Waals surface area contributed by atoms with Gasteiger partial charge < -0.3 is 15.4 Å². The first-order chi connectivity index (χ1) is 11.9. The Kier molecular flexibility index (Phi) is 9.53. The van der Waals surface area contributed by atoms with Gasteiger partial charge in [0.25, 0.3) is 5.91 Å². The zero-order valence-electron chi connectivity index (χ0n) is 13.8. The van der Waals surface area contributed by atoms with Gasteiger partial charge in [-0.05, 0) is 24.6 Å². The van der Waals surface area contributed by atoms with E-state index in [0.29, 0.717) is 17.2 Å². The maximum Gasteiger partial charge on any atom is 0.307 e. The number of ether oxygens (including phenoxy) is 1. The fraction of sp³-hybridized carbons (Fsp3) is 0.438. The molecule has 0 saturated carbocycles. The topological polar surface area (TPSA) is 84.5 Å². The number of hydrogen-bond donors (Lipinski definition) is 2. The van der Waals surface area contributed by atoms with Crippen LogP contribution in [-0.4, -0.2) is 43.2 Å². The van der Waals surface area contributed by atoms with Crippen LogP contribution in [0.1, 0.15) is 19.8 Å². The van der Waals surface area contributed by atoms with E-state index in [1.54, 1.807) is 0 Å². The molecule has 0 radical (unpaired) electrons. The number of thioether (sulfide) groups is 1. The summed E-state index contributed by atoms with van der Waals surface area (Å²) in [6.07, 6.45) is 0.799. The summed E-state index contributed by atoms with van der Waals surface area (Å²) in [4.78, 5) is 34.7. The first-order valence-electron chi connectivity index (χ1n) is 7.69. The Hall–Kier alpha value is -2.16. The Labute approximate surface area is 148 Å². The second-order valence-electron chi connectivity index (χ2n) is 4.96. The quantitative estimate of drug-likeness (QED) is 0.480. The number of carbonyl (C=O) groups excluding carboxylic acids is 3. The number of halogens is 2. The van der Waals surface area contributed by atoms with E-state index in [1.165, 1.54) is 17.8 Å². The Morgan fingerprint density at radius 2 is 1.88 bits per heavy atom. The highest BCUT2D eigenvalue weighted by Gasteiger charge is 2.10. The average Bonchev–Trinajstić information content (AvgIpc) is 2.59. The molecule has 0 aromatic heterocycles. The van der Waals surface area contributed by atoms with Crippen molar-refractivity contribution in [1.29, 1.82) is 0 Å². The molecular weight excluding hydrogens is 354 g/mol. The number of nitrogens with one attached hydrogen (secondary N) is 2. The lowest BCUT2D eigenvalue weighted by molar-refractivity contribution is -0.148. The van der Waals surface area contributed by atoms with Gasteiger partial charge in [-0.25, -0.2) is 8.78 Å². The minimum Gasteiger partial charge on any atom is -0.456 e. The highest BCUT2D eigenvalue weighted by Crippen LogP contribution is 2.21. The van der Waals surface area contributed by atoms with Crippen LogP contribution < -0.4 is 10.6 Å². The fourth-order valence-corrected chi connectivity index (χ4v) is 2.45. The van der Waals surface area contributed by atoms with Crippen LogP contribution in [0.5, 0.6) is 0 Å². The molecule has 0 aliphatic heterocycles. The summed E-state index contributed by atoms with van der Waals surface area (Å²) in [6, 6.07) is 3.46. The van der Waals surface area contributed by atoms with Gasteiger partial charge in [0.15, 0.2) is 18.2 Å². The Balaban J connectivity index is 2.16. The second kappa shape index (κ2) is 11.4. The molecule has 2 N–H and O–H groups in total. The standard InChI is InChI=1S/C16H20F2N2O4S/c1-2-6-19-14(21)9-20-15(22)10-24-16(23)5-7-25-11-3-4-12(17)13(18)8-11/h3-4,8H,2,5-7,9-10H2,1H3,(H,19,21)(H,20,22). The lowest BCUT2D eigenvalue weighted by Gasteiger charge is -2.07. The smallest absolute Gasteiger partial charge is 0.307 e. The molecule has 0 bridgehead atoms. The molecule has 9 heteroatoms. The van der Waals surface area contributed by atoms with Crippen molar-refractivity contribution in [2.45, 2.75) is 24.7 Å². The van der Waals surface area contributed by atoms with E-state index in [1.807, 2.05) is 6.92 Å². The molecule has 1 rings (SSSR count). The molecule has 0 fully saturated rings. The van der Waals surface area contributed by atoms with Gasteiger partial charge in [-0.2, -0.15) is 0 Å². The van der Waals surface area contributed by atoms with E-state index in [4.69, 9.17) is 4.74 Å². The van der Waals surface area contributed by atoms with Gasteiger partial charge in [-0.15, -0.1) is 11.8 Å². The summed E-state index contributed by atoms with van der Waals surface area (Å²) >= 11 is 1.17. The maximum atomic E-state index is 13.0. The molecule has 0 aliphatic rings. The number of rotatable bonds is 10. The molecular formula is C16H20F2N2O4S. The lowest BCUT2D eigenvalue weighted by Crippen LogP contribution is -2.38. The first-order valence-corrected chi connectivity index (χ1v) is 8.67. The van der Waals surface area contributed by atoms with E-state index >= 15 is 0 Å². The molecule has 2 amide bonds. The summed E-state index contributed by atoms with van der Waals surface area (Å²) in [5.41, 5.74) is 0. The van der Waals surface area contributed by atoms with Crippen LogP contribution in [0.3, 0.4) is 0 Å². The SMILES string of the molecule is CCCNC(=O)CNC(=O)COC(=O)CCSc1ccc(F)c(F)c1. The van der Waals surface area contributed by atoms with E-state index in [-0.39, 0.29) is 18.9 Å². The number of esters is 1. The lowest BCUT2D eigenvalue weighted by atomic mass is 10.3. The molecule has 1 aromatic rings. The molecule has 1 aromatic carbocycles. The second-order valence-corrected chi connectivity index (χ2v) is 6.13. The number of benzene rings is 1. The molecule has 0 unspecified atom stereocenters. The summed E-state index contributed by atoms with van der Waals surface area (Å²) < 4.78 is 30.6. The van der Waals surface area contributed by atoms with Gasteiger partial charge in [0.2, 0.25) is 5.91 Å². The summed E-state index contributed by atoms with van der Waals surface area (Å²) in [6.45, 7) is 1.78. The van der Waals surface area contributed by atoms with Gasteiger partial charge >= 0.3 is 5.97 Å². The van der Waals surface area contributed by atoms with Crippen LogP contribution in [0, 0.1) is 11.6 Å². The predicted molar refractivity (Wildman–Crippen MR) is 89.0 cm³/mol. The highest BCUT2D eigenvalue weighted by atomic mass is 32.2. The van der Waals surface area contributed by atoms with Gasteiger partial charge in [0.05, 0.1) is 13.0 Å². The summed E-state index contributed by atoms with van der Waals surface area (Å²) in [7, 11) is 0. The van der Waals surface area contributed by atoms with Crippen molar-refractivity contribution in [3.8, 4) is 0 Å². The van der Waals surface area contributed by atoms with Crippen molar-refractivity contribution in [2.24, 2.45) is 0 Å². The normalized spacial score (nSPS) is 10.2. The molecule has 0 atom stereocenters. The Bertz CT molecular complexity index is 614. The number of carbonyl (C=O) groups is 3. The van der Waals surface area contributed by atoms with Crippen LogP contribution in [0.25, 0.3) is 0 Å². The van der Waals surface area contributed by atoms with E-state index in [2.05, 4.69) is 10.6 Å². The van der Waals surface area contributed by atoms with Gasteiger partial charge in [0.1, 0.15) is 0 Å². The highest BCUT2D eigenvalue weighted by molar-refractivity contribution is 7.99. The largest absolute Gasteiger partial charge is 0.456 e. The molecule has 0 spiro atoms. The fourth-order valence-electron chi connectivity index (χ4n) is 1.59. The minimum atomic E-state index is -0.952. The maximum absolute atomic E-state index is 13.0. The van der Waals surface area contributed by atoms with Crippen LogP contribution in [0.15, 0.2) is 23.1 Å². The van der Waals surface area contributed by atoms with Gasteiger partial charge in [-0.3, -0.25) is 14.4 Å². The third kappa shape index (κ3) is 9.04. The van der Waals surface area contributed by atoms with Crippen LogP contribution >= 0.6 is 11.8 Å². The molecule has 0 heterocycles. The number of amides is 2. The van der Waals surface area contributed by atoms with Crippen molar-refractivity contribution in [2.75, 3.05) is 25.4 Å². The van der Waals surface area contributed by atoms with Crippen LogP contribution in [-0.2, 0) is 19.1 Å². The van der Waals surface area contributed by atoms with Crippen molar-refractivity contribution in [3.05, 3.63) is 29.8 Å². The van der Waals surface area contributed by atoms with E-state index in [0.717, 1.165) is 18.6 Å². The van der Waals surface area contributed by atoms with Crippen molar-refractivity contribution in [1.82, 2.24) is 10.6 Å². The Morgan fingerprint density at radius 1 is 1.12 bits per heavy atom. The minimum absolute atomic E-state index is 0.00787. The third-order valence-corrected chi connectivity index (χ3v) is 3.84. The molecule has 138 valence electrons. The van der Waals surface area contributed by atoms with Crippen molar-refractivity contribution >= 4 is 29.5 Å². The van der Waals surface area contributed by atoms with Crippen molar-refractivity contribution in [3.63, 3.8) is 0 Å². The first kappa shape index (κ1) is 20.9. The van der Waals surface area contributed by atoms with Crippen LogP contribution in [0.4, 0.5) is 8.78 Å². The van der Waals surface area contributed by atoms with Gasteiger partial charge in [0, 0.05) is 17.2 Å². The monoisotopic (exact) mass is 374 g/mol. The summed E-state index contributed by atoms with van der Waals surface area (Å²) in [5.74, 6) is -3.07. The molecule has 0 saturated heterocycles. The molecule has 25 heavy (non-hydrogen) atoms. The third-order valence-electron chi connectivity index (χ3n) is 2.85. The number of hydrogen-bond acceptors (Lipinski definition) is 5. The van der Waals surface area contributed by atoms with Crippen molar-refractivity contribution < 1.29 is 27.9 Å². The average molecular weight is 374 g/mol. The van der Waals surface area contributed by atoms with E-state index in [9.17, 15) is 23.2 Å². The summed E-state index contributed by atoms with van der Waals surface area (Å²) in [5, 5.41) is 4.92. The van der Waals surface area contributed by atoms with Gasteiger partial charge in [-0.1, -0.05) is 6.92 Å².